The van der Waals surface area contributed by atoms with Gasteiger partial charge in [-0.1, -0.05) is 41.4 Å². The molecule has 3 aromatic carbocycles. The Morgan fingerprint density at radius 1 is 0.967 bits per heavy atom. The Balaban J connectivity index is 1.57. The highest BCUT2D eigenvalue weighted by Gasteiger charge is 2.18. The van der Waals surface area contributed by atoms with E-state index in [9.17, 15) is 0 Å². The van der Waals surface area contributed by atoms with Crippen molar-refractivity contribution in [3.8, 4) is 22.4 Å². The van der Waals surface area contributed by atoms with Crippen molar-refractivity contribution < 1.29 is 17.2 Å². The van der Waals surface area contributed by atoms with Crippen molar-refractivity contribution in [1.82, 2.24) is 4.98 Å². The third-order valence-electron chi connectivity index (χ3n) is 5.78. The van der Waals surface area contributed by atoms with Crippen LogP contribution in [0.1, 0.15) is 31.3 Å². The molecule has 146 valence electrons. The molecule has 0 fully saturated rings. The Morgan fingerprint density at radius 2 is 1.87 bits per heavy atom. The lowest BCUT2D eigenvalue weighted by Gasteiger charge is -2.06. The van der Waals surface area contributed by atoms with Gasteiger partial charge >= 0.3 is 0 Å². The van der Waals surface area contributed by atoms with Gasteiger partial charge in [0.05, 0.1) is 7.05 Å². The number of hydrogen-bond acceptors (Lipinski definition) is 2. The van der Waals surface area contributed by atoms with Crippen molar-refractivity contribution in [2.45, 2.75) is 26.0 Å². The molecule has 0 saturated carbocycles. The molecule has 2 aromatic heterocycles. The molecular weight excluding hydrogens is 368 g/mol. The second-order valence-electron chi connectivity index (χ2n) is 7.66. The Labute approximate surface area is 184 Å². The molecule has 0 radical (unpaired) electrons. The minimum Gasteiger partial charge on any atom is -0.455 e. The largest absolute Gasteiger partial charge is 0.455 e. The highest BCUT2D eigenvalue weighted by molar-refractivity contribution is 6.10. The molecule has 0 bridgehead atoms. The van der Waals surface area contributed by atoms with Crippen molar-refractivity contribution in [3.05, 3.63) is 83.8 Å². The molecule has 1 aliphatic rings. The number of para-hydroxylation sites is 1. The number of aryl methyl sites for hydroxylation is 4. The van der Waals surface area contributed by atoms with E-state index in [2.05, 4.69) is 11.1 Å². The number of furan rings is 1. The topological polar surface area (TPSA) is 29.9 Å². The van der Waals surface area contributed by atoms with Gasteiger partial charge in [-0.3, -0.25) is 0 Å². The van der Waals surface area contributed by atoms with Crippen LogP contribution in [0.2, 0.25) is 0 Å². The third-order valence-corrected chi connectivity index (χ3v) is 5.78. The van der Waals surface area contributed by atoms with Gasteiger partial charge < -0.3 is 4.42 Å². The van der Waals surface area contributed by atoms with Crippen LogP contribution in [-0.4, -0.2) is 4.98 Å². The lowest BCUT2D eigenvalue weighted by Crippen LogP contribution is -2.31. The number of nitrogens with zero attached hydrogens (tertiary/aromatic N) is 2. The van der Waals surface area contributed by atoms with Gasteiger partial charge in [-0.2, -0.15) is 0 Å². The molecule has 1 aliphatic carbocycles. The van der Waals surface area contributed by atoms with E-state index in [1.54, 1.807) is 24.7 Å². The van der Waals surface area contributed by atoms with Gasteiger partial charge in [-0.05, 0) is 60.4 Å². The molecule has 3 heteroatoms. The Kier molecular flexibility index (Phi) is 2.67. The fraction of sp³-hybridized carbons (Fsp3) is 0.185. The predicted molar refractivity (Wildman–Crippen MR) is 120 cm³/mol. The van der Waals surface area contributed by atoms with Crippen LogP contribution in [0.15, 0.2) is 71.5 Å². The van der Waals surface area contributed by atoms with Crippen molar-refractivity contribution in [1.29, 1.82) is 0 Å². The molecule has 0 spiro atoms. The van der Waals surface area contributed by atoms with E-state index in [4.69, 9.17) is 12.6 Å². The maximum absolute atomic E-state index is 8.40. The molecule has 30 heavy (non-hydrogen) atoms. The standard InChI is InChI=1S/C27H23N2O/c1-17-13-26-24(15-23(17)25-11-12-28-16-29(25)2)22-8-4-7-21(27(22)30-26)20-10-9-18-5-3-6-19(18)14-20/h4,7-16H,3,5-6H2,1-2H3/q+1/i3D2,5D2,6D2. The van der Waals surface area contributed by atoms with E-state index >= 15 is 0 Å². The zero-order chi connectivity index (χ0) is 25.6. The summed E-state index contributed by atoms with van der Waals surface area (Å²) in [6.45, 7) is 2.04. The normalized spacial score (nSPS) is 21.3. The van der Waals surface area contributed by atoms with Gasteiger partial charge in [0, 0.05) is 36.2 Å². The molecule has 6 rings (SSSR count). The van der Waals surface area contributed by atoms with Gasteiger partial charge in [0.15, 0.2) is 0 Å². The van der Waals surface area contributed by atoms with Gasteiger partial charge in [-0.25, -0.2) is 4.57 Å². The van der Waals surface area contributed by atoms with Crippen LogP contribution in [0, 0.1) is 6.92 Å². The lowest BCUT2D eigenvalue weighted by atomic mass is 9.97. The van der Waals surface area contributed by atoms with E-state index in [0.717, 1.165) is 38.7 Å². The molecule has 5 aromatic rings. The summed E-state index contributed by atoms with van der Waals surface area (Å²) in [6, 6.07) is 16.7. The van der Waals surface area contributed by atoms with Gasteiger partial charge in [0.1, 0.15) is 23.1 Å². The molecule has 0 atom stereocenters. The van der Waals surface area contributed by atoms with Gasteiger partial charge in [0.2, 0.25) is 0 Å². The SMILES string of the molecule is [2H]C1([2H])c2ccc(-c3cccc4c3oc3cc(C)c(-c5ccnc[n+]5C)cc34)cc2C([2H])([2H])C1([2H])[2H]. The van der Waals surface area contributed by atoms with Crippen LogP contribution >= 0.6 is 0 Å². The van der Waals surface area contributed by atoms with E-state index in [-0.39, 0.29) is 11.1 Å². The molecule has 0 unspecified atom stereocenters. The summed E-state index contributed by atoms with van der Waals surface area (Å²) in [5, 5.41) is 1.86. The van der Waals surface area contributed by atoms with Crippen LogP contribution in [0.3, 0.4) is 0 Å². The first-order valence-electron chi connectivity index (χ1n) is 12.9. The zero-order valence-corrected chi connectivity index (χ0v) is 16.7. The lowest BCUT2D eigenvalue weighted by molar-refractivity contribution is -0.663. The smallest absolute Gasteiger partial charge is 0.286 e. The first-order valence-corrected chi connectivity index (χ1v) is 9.86. The van der Waals surface area contributed by atoms with Crippen LogP contribution in [-0.2, 0) is 19.8 Å². The molecule has 2 heterocycles. The van der Waals surface area contributed by atoms with Crippen LogP contribution in [0.4, 0.5) is 0 Å². The summed E-state index contributed by atoms with van der Waals surface area (Å²) in [7, 11) is 1.95. The summed E-state index contributed by atoms with van der Waals surface area (Å²) in [6.07, 6.45) is -4.07. The van der Waals surface area contributed by atoms with Gasteiger partial charge in [0.25, 0.3) is 6.33 Å². The number of rotatable bonds is 2. The van der Waals surface area contributed by atoms with E-state index in [0.29, 0.717) is 11.1 Å². The maximum Gasteiger partial charge on any atom is 0.286 e. The van der Waals surface area contributed by atoms with E-state index in [1.807, 2.05) is 48.9 Å². The van der Waals surface area contributed by atoms with Crippen molar-refractivity contribution in [3.63, 3.8) is 0 Å². The average molecular weight is 398 g/mol. The summed E-state index contributed by atoms with van der Waals surface area (Å²) in [5.41, 5.74) is 5.99. The monoisotopic (exact) mass is 397 g/mol. The molecule has 0 N–H and O–H groups in total. The maximum atomic E-state index is 8.40. The Hall–Kier alpha value is -3.46. The predicted octanol–water partition coefficient (Wildman–Crippen LogP) is 5.94. The van der Waals surface area contributed by atoms with Gasteiger partial charge in [-0.15, -0.1) is 0 Å². The van der Waals surface area contributed by atoms with Crippen molar-refractivity contribution in [2.24, 2.45) is 7.05 Å². The second-order valence-corrected chi connectivity index (χ2v) is 7.66. The van der Waals surface area contributed by atoms with E-state index < -0.39 is 19.1 Å². The fourth-order valence-corrected chi connectivity index (χ4v) is 4.25. The van der Waals surface area contributed by atoms with Crippen molar-refractivity contribution in [2.75, 3.05) is 0 Å². The average Bonchev–Trinajstić information content (AvgIpc) is 3.24. The molecule has 3 nitrogen and oxygen atoms in total. The first-order chi connectivity index (χ1) is 16.9. The summed E-state index contributed by atoms with van der Waals surface area (Å²) < 4.78 is 58.0. The quantitative estimate of drug-likeness (QED) is 0.345. The molecule has 0 saturated heterocycles. The van der Waals surface area contributed by atoms with E-state index in [1.165, 1.54) is 6.07 Å². The summed E-state index contributed by atoms with van der Waals surface area (Å²) in [4.78, 5) is 4.17. The Morgan fingerprint density at radius 3 is 2.77 bits per heavy atom. The van der Waals surface area contributed by atoms with Crippen LogP contribution < -0.4 is 4.57 Å². The molecular formula is C27H23N2O+. The molecule has 0 aliphatic heterocycles. The number of fused-ring (bicyclic) bond motifs is 4. The highest BCUT2D eigenvalue weighted by Crippen LogP contribution is 2.39. The second kappa shape index (κ2) is 6.53. The van der Waals surface area contributed by atoms with Crippen LogP contribution in [0.5, 0.6) is 0 Å². The minimum absolute atomic E-state index is 0.0337. The zero-order valence-electron chi connectivity index (χ0n) is 22.7. The number of aromatic nitrogens is 2. The number of benzene rings is 3. The van der Waals surface area contributed by atoms with Crippen molar-refractivity contribution >= 4 is 21.9 Å². The highest BCUT2D eigenvalue weighted by atomic mass is 16.3. The fourth-order valence-electron chi connectivity index (χ4n) is 4.25. The Bertz CT molecular complexity index is 1710. The first kappa shape index (κ1) is 12.3. The van der Waals surface area contributed by atoms with Crippen LogP contribution in [0.25, 0.3) is 44.3 Å². The molecule has 0 amide bonds. The minimum atomic E-state index is -2.69. The third kappa shape index (κ3) is 2.58. The number of hydrogen-bond donors (Lipinski definition) is 0. The summed E-state index contributed by atoms with van der Waals surface area (Å²) >= 11 is 0. The summed E-state index contributed by atoms with van der Waals surface area (Å²) in [5.74, 6) is 0.